The van der Waals surface area contributed by atoms with Crippen molar-refractivity contribution in [3.8, 4) is 5.75 Å². The third kappa shape index (κ3) is 6.54. The Morgan fingerprint density at radius 2 is 2.06 bits per heavy atom. The molecule has 1 nitrogen and oxygen atoms in total. The molecule has 16 heavy (non-hydrogen) atoms. The summed E-state index contributed by atoms with van der Waals surface area (Å²) in [5.41, 5.74) is 0. The quantitative estimate of drug-likeness (QED) is 0.442. The zero-order chi connectivity index (χ0) is 12.4. The van der Waals surface area contributed by atoms with E-state index in [0.29, 0.717) is 6.61 Å². The van der Waals surface area contributed by atoms with Crippen LogP contribution in [-0.2, 0) is 16.3 Å². The molecule has 0 aliphatic heterocycles. The standard InChI is InChI=1S/C11H13F2O.BrH.Zn/c1-2-3-4-7-14-11-6-5-9(12)8-10(11)13;;/h5,8H,2-4,7H2,1H3;1H;/q-1;;+2/p-1. The maximum atomic E-state index is 13.0. The molecule has 0 aliphatic rings. The van der Waals surface area contributed by atoms with Gasteiger partial charge in [-0.25, -0.2) is 0 Å². The van der Waals surface area contributed by atoms with Gasteiger partial charge >= 0.3 is 30.0 Å². The van der Waals surface area contributed by atoms with Crippen molar-refractivity contribution in [3.05, 3.63) is 29.8 Å². The Balaban J connectivity index is 0.00000106. The summed E-state index contributed by atoms with van der Waals surface area (Å²) in [4.78, 5) is 0. The van der Waals surface area contributed by atoms with E-state index in [1.165, 1.54) is 16.3 Å². The summed E-state index contributed by atoms with van der Waals surface area (Å²) in [7, 11) is 0. The molecule has 0 saturated carbocycles. The number of benzene rings is 1. The van der Waals surface area contributed by atoms with Gasteiger partial charge in [0, 0.05) is 11.6 Å². The Hall–Kier alpha value is -0.0166. The molecule has 0 bridgehead atoms. The van der Waals surface area contributed by atoms with E-state index in [-0.39, 0.29) is 5.75 Å². The van der Waals surface area contributed by atoms with Gasteiger partial charge in [0.15, 0.2) is 0 Å². The van der Waals surface area contributed by atoms with Crippen LogP contribution >= 0.6 is 13.6 Å². The number of rotatable bonds is 5. The van der Waals surface area contributed by atoms with Crippen LogP contribution in [0.25, 0.3) is 0 Å². The molecule has 5 heteroatoms. The molecule has 0 atom stereocenters. The minimum absolute atomic E-state index is 0.00232. The first-order chi connectivity index (χ1) is 7.74. The second kappa shape index (κ2) is 10.2. The molecular weight excluding hydrogens is 331 g/mol. The Labute approximate surface area is 112 Å². The van der Waals surface area contributed by atoms with Gasteiger partial charge in [0.05, 0.1) is 12.4 Å². The van der Waals surface area contributed by atoms with Crippen molar-refractivity contribution in [3.63, 3.8) is 0 Å². The van der Waals surface area contributed by atoms with Crippen LogP contribution in [0.3, 0.4) is 0 Å². The normalized spacial score (nSPS) is 9.38. The predicted octanol–water partition coefficient (Wildman–Crippen LogP) is 4.18. The summed E-state index contributed by atoms with van der Waals surface area (Å²) in [5, 5.41) is 0. The van der Waals surface area contributed by atoms with Gasteiger partial charge in [0.25, 0.3) is 0 Å². The molecule has 1 aromatic carbocycles. The average molecular weight is 345 g/mol. The number of hydrogen-bond donors (Lipinski definition) is 0. The van der Waals surface area contributed by atoms with Gasteiger partial charge in [-0.2, -0.15) is 0 Å². The molecule has 1 rings (SSSR count). The van der Waals surface area contributed by atoms with Crippen LogP contribution in [-0.4, -0.2) is 6.61 Å². The first-order valence-electron chi connectivity index (χ1n) is 5.00. The predicted molar refractivity (Wildman–Crippen MR) is 59.1 cm³/mol. The van der Waals surface area contributed by atoms with Crippen molar-refractivity contribution in [2.75, 3.05) is 6.61 Å². The molecular formula is C11H13BrF2OZn. The Bertz CT molecular complexity index is 297. The van der Waals surface area contributed by atoms with Crippen molar-refractivity contribution >= 4 is 13.6 Å². The van der Waals surface area contributed by atoms with Gasteiger partial charge in [-0.1, -0.05) is 25.8 Å². The van der Waals surface area contributed by atoms with Crippen molar-refractivity contribution in [2.24, 2.45) is 0 Å². The summed E-state index contributed by atoms with van der Waals surface area (Å²) >= 11 is 4.25. The summed E-state index contributed by atoms with van der Waals surface area (Å²) < 4.78 is 30.5. The van der Waals surface area contributed by atoms with E-state index in [0.717, 1.165) is 31.4 Å². The number of ether oxygens (including phenoxy) is 1. The second-order valence-corrected chi connectivity index (χ2v) is 3.05. The Kier molecular flexibility index (Phi) is 10.1. The average Bonchev–Trinajstić information content (AvgIpc) is 2.29. The van der Waals surface area contributed by atoms with Gasteiger partial charge < -0.3 is 4.74 Å². The molecule has 0 aliphatic carbocycles. The fourth-order valence-electron chi connectivity index (χ4n) is 1.07. The van der Waals surface area contributed by atoms with Crippen molar-refractivity contribution in [1.29, 1.82) is 0 Å². The molecule has 0 radical (unpaired) electrons. The molecule has 0 spiro atoms. The third-order valence-corrected chi connectivity index (χ3v) is 1.82. The van der Waals surface area contributed by atoms with E-state index in [1.807, 2.05) is 0 Å². The van der Waals surface area contributed by atoms with Gasteiger partial charge in [-0.05, 0) is 6.42 Å². The first kappa shape index (κ1) is 16.0. The Morgan fingerprint density at radius 3 is 2.62 bits per heavy atom. The van der Waals surface area contributed by atoms with E-state index >= 15 is 0 Å². The summed E-state index contributed by atoms with van der Waals surface area (Å²) in [6.07, 6.45) is 3.00. The van der Waals surface area contributed by atoms with Crippen LogP contribution in [0, 0.1) is 17.7 Å². The number of halogens is 3. The fraction of sp³-hybridized carbons (Fsp3) is 0.455. The number of unbranched alkanes of at least 4 members (excludes halogenated alkanes) is 2. The van der Waals surface area contributed by atoms with E-state index in [9.17, 15) is 8.78 Å². The number of hydrogen-bond acceptors (Lipinski definition) is 1. The van der Waals surface area contributed by atoms with Crippen LogP contribution < -0.4 is 4.74 Å². The zero-order valence-corrected chi connectivity index (χ0v) is 13.8. The van der Waals surface area contributed by atoms with E-state index < -0.39 is 11.6 Å². The maximum absolute atomic E-state index is 13.0. The molecule has 0 fully saturated rings. The summed E-state index contributed by atoms with van der Waals surface area (Å²) in [6, 6.07) is 4.27. The zero-order valence-electron chi connectivity index (χ0n) is 9.23. The first-order valence-corrected chi connectivity index (χ1v) is 11.9. The van der Waals surface area contributed by atoms with Crippen LogP contribution in [0.15, 0.2) is 12.1 Å². The van der Waals surface area contributed by atoms with Gasteiger partial charge in [0.1, 0.15) is 0 Å². The van der Waals surface area contributed by atoms with Crippen molar-refractivity contribution in [1.82, 2.24) is 0 Å². The molecule has 0 N–H and O–H groups in total. The third-order valence-electron chi connectivity index (χ3n) is 1.82. The SMILES string of the molecule is CCCCCOc1[c-]cc(F)cc1F.[Zn+][Br]. The molecule has 1 aromatic rings. The van der Waals surface area contributed by atoms with Gasteiger partial charge in [-0.15, -0.1) is 12.1 Å². The van der Waals surface area contributed by atoms with Crippen LogP contribution in [0.1, 0.15) is 26.2 Å². The summed E-state index contributed by atoms with van der Waals surface area (Å²) in [6.45, 7) is 2.53. The molecule has 0 saturated heterocycles. The molecule has 0 amide bonds. The molecule has 0 heterocycles. The van der Waals surface area contributed by atoms with Gasteiger partial charge in [-0.3, -0.25) is 8.78 Å². The van der Waals surface area contributed by atoms with Crippen molar-refractivity contribution in [2.45, 2.75) is 26.2 Å². The van der Waals surface area contributed by atoms with Crippen LogP contribution in [0.2, 0.25) is 0 Å². The molecule has 0 unspecified atom stereocenters. The molecule has 86 valence electrons. The van der Waals surface area contributed by atoms with E-state index in [1.54, 1.807) is 0 Å². The van der Waals surface area contributed by atoms with Crippen LogP contribution in [0.4, 0.5) is 8.78 Å². The van der Waals surface area contributed by atoms with Crippen molar-refractivity contribution < 1.29 is 29.9 Å². The second-order valence-electron chi connectivity index (χ2n) is 3.05. The topological polar surface area (TPSA) is 9.23 Å². The molecule has 0 aromatic heterocycles. The monoisotopic (exact) mass is 342 g/mol. The minimum atomic E-state index is -0.693. The van der Waals surface area contributed by atoms with Crippen LogP contribution in [0.5, 0.6) is 5.75 Å². The van der Waals surface area contributed by atoms with E-state index in [4.69, 9.17) is 4.74 Å². The summed E-state index contributed by atoms with van der Waals surface area (Å²) in [5.74, 6) is -1.33. The fourth-order valence-corrected chi connectivity index (χ4v) is 1.07. The van der Waals surface area contributed by atoms with E-state index in [2.05, 4.69) is 26.6 Å². The van der Waals surface area contributed by atoms with Gasteiger partial charge in [0.2, 0.25) is 0 Å². The Morgan fingerprint density at radius 1 is 1.38 bits per heavy atom.